The van der Waals surface area contributed by atoms with Gasteiger partial charge in [0.25, 0.3) is 5.91 Å². The molecule has 0 aliphatic carbocycles. The summed E-state index contributed by atoms with van der Waals surface area (Å²) in [5.41, 5.74) is 3.23. The Morgan fingerprint density at radius 2 is 1.96 bits per heavy atom. The Hall–Kier alpha value is -3.20. The number of carbonyl (C=O) groups excluding carboxylic acids is 2. The quantitative estimate of drug-likeness (QED) is 0.637. The molecule has 144 valence electrons. The van der Waals surface area contributed by atoms with Gasteiger partial charge in [-0.1, -0.05) is 36.0 Å². The smallest absolute Gasteiger partial charge is 0.261 e. The Labute approximate surface area is 166 Å². The lowest BCUT2D eigenvalue weighted by molar-refractivity contribution is -0.117. The van der Waals surface area contributed by atoms with Gasteiger partial charge in [-0.3, -0.25) is 14.9 Å². The van der Waals surface area contributed by atoms with Crippen molar-refractivity contribution in [2.24, 2.45) is 0 Å². The molecule has 9 heteroatoms. The lowest BCUT2D eigenvalue weighted by Crippen LogP contribution is -2.32. The van der Waals surface area contributed by atoms with Gasteiger partial charge in [0.2, 0.25) is 11.1 Å². The first-order chi connectivity index (χ1) is 13.5. The van der Waals surface area contributed by atoms with Crippen LogP contribution in [0.1, 0.15) is 21.5 Å². The Morgan fingerprint density at radius 3 is 2.75 bits per heavy atom. The number of aromatic nitrogens is 4. The van der Waals surface area contributed by atoms with Crippen molar-refractivity contribution in [2.45, 2.75) is 19.0 Å². The zero-order chi connectivity index (χ0) is 20.1. The van der Waals surface area contributed by atoms with E-state index in [-0.39, 0.29) is 5.75 Å². The van der Waals surface area contributed by atoms with Gasteiger partial charge in [0.15, 0.2) is 0 Å². The topological polar surface area (TPSA) is 99.0 Å². The second-order valence-corrected chi connectivity index (χ2v) is 6.97. The zero-order valence-electron chi connectivity index (χ0n) is 15.7. The highest BCUT2D eigenvalue weighted by molar-refractivity contribution is 7.99. The van der Waals surface area contributed by atoms with Crippen LogP contribution in [0.25, 0.3) is 5.69 Å². The molecule has 0 aliphatic heterocycles. The standard InChI is InChI=1S/C19H19N5O3S/c1-12-8-9-13(2)15(10-12)24-19(21-22-23-24)28-11-17(25)20-18(26)14-6-4-5-7-16(14)27-3/h4-10H,11H2,1-3H3,(H,20,25,26). The predicted octanol–water partition coefficient (Wildman–Crippen LogP) is 2.34. The van der Waals surface area contributed by atoms with Crippen molar-refractivity contribution >= 4 is 23.6 Å². The molecule has 0 aliphatic rings. The first-order valence-electron chi connectivity index (χ1n) is 8.45. The van der Waals surface area contributed by atoms with Crippen LogP contribution >= 0.6 is 11.8 Å². The lowest BCUT2D eigenvalue weighted by atomic mass is 10.1. The number of ether oxygens (including phenoxy) is 1. The highest BCUT2D eigenvalue weighted by Gasteiger charge is 2.17. The van der Waals surface area contributed by atoms with Gasteiger partial charge in [-0.2, -0.15) is 4.68 Å². The number of nitrogens with one attached hydrogen (secondary N) is 1. The summed E-state index contributed by atoms with van der Waals surface area (Å²) in [6.07, 6.45) is 0. The molecule has 0 saturated carbocycles. The van der Waals surface area contributed by atoms with Gasteiger partial charge in [0.1, 0.15) is 5.75 Å². The van der Waals surface area contributed by atoms with E-state index in [0.29, 0.717) is 16.5 Å². The van der Waals surface area contributed by atoms with E-state index in [1.807, 2.05) is 32.0 Å². The van der Waals surface area contributed by atoms with Crippen molar-refractivity contribution in [3.05, 3.63) is 59.2 Å². The van der Waals surface area contributed by atoms with E-state index in [4.69, 9.17) is 4.74 Å². The summed E-state index contributed by atoms with van der Waals surface area (Å²) in [7, 11) is 1.47. The van der Waals surface area contributed by atoms with Crippen molar-refractivity contribution in [3.8, 4) is 11.4 Å². The van der Waals surface area contributed by atoms with E-state index in [1.165, 1.54) is 7.11 Å². The molecular weight excluding hydrogens is 378 g/mol. The van der Waals surface area contributed by atoms with Crippen molar-refractivity contribution in [1.29, 1.82) is 0 Å². The van der Waals surface area contributed by atoms with Crippen LogP contribution in [0.4, 0.5) is 0 Å². The molecule has 1 aromatic heterocycles. The van der Waals surface area contributed by atoms with Crippen LogP contribution in [0, 0.1) is 13.8 Å². The minimum absolute atomic E-state index is 0.00781. The molecule has 0 spiro atoms. The third-order valence-electron chi connectivity index (χ3n) is 3.97. The number of hydrogen-bond acceptors (Lipinski definition) is 7. The van der Waals surface area contributed by atoms with Gasteiger partial charge in [-0.15, -0.1) is 5.10 Å². The summed E-state index contributed by atoms with van der Waals surface area (Å²) in [5.74, 6) is -0.570. The van der Waals surface area contributed by atoms with Crippen molar-refractivity contribution < 1.29 is 14.3 Å². The summed E-state index contributed by atoms with van der Waals surface area (Å²) in [5, 5.41) is 14.5. The Morgan fingerprint density at radius 1 is 1.18 bits per heavy atom. The van der Waals surface area contributed by atoms with Crippen molar-refractivity contribution in [3.63, 3.8) is 0 Å². The summed E-state index contributed by atoms with van der Waals surface area (Å²) < 4.78 is 6.73. The monoisotopic (exact) mass is 397 g/mol. The van der Waals surface area contributed by atoms with Gasteiger partial charge >= 0.3 is 0 Å². The summed E-state index contributed by atoms with van der Waals surface area (Å²) in [6, 6.07) is 12.7. The molecule has 8 nitrogen and oxygen atoms in total. The van der Waals surface area contributed by atoms with Gasteiger partial charge < -0.3 is 4.74 Å². The van der Waals surface area contributed by atoms with Crippen LogP contribution in [0.5, 0.6) is 5.75 Å². The number of benzene rings is 2. The van der Waals surface area contributed by atoms with Gasteiger partial charge in [-0.05, 0) is 53.6 Å². The molecule has 0 saturated heterocycles. The summed E-state index contributed by atoms with van der Waals surface area (Å²) in [6.45, 7) is 3.94. The average molecular weight is 397 g/mol. The third kappa shape index (κ3) is 4.37. The molecule has 0 radical (unpaired) electrons. The highest BCUT2D eigenvalue weighted by atomic mass is 32.2. The summed E-state index contributed by atoms with van der Waals surface area (Å²) >= 11 is 1.15. The molecule has 28 heavy (non-hydrogen) atoms. The molecule has 0 bridgehead atoms. The molecule has 1 heterocycles. The van der Waals surface area contributed by atoms with Gasteiger partial charge in [0, 0.05) is 0 Å². The minimum atomic E-state index is -0.517. The van der Waals surface area contributed by atoms with Gasteiger partial charge in [0.05, 0.1) is 24.1 Å². The number of methoxy groups -OCH3 is 1. The van der Waals surface area contributed by atoms with Crippen LogP contribution in [-0.2, 0) is 4.79 Å². The number of carbonyl (C=O) groups is 2. The minimum Gasteiger partial charge on any atom is -0.496 e. The van der Waals surface area contributed by atoms with Gasteiger partial charge in [-0.25, -0.2) is 0 Å². The number of nitrogens with zero attached hydrogens (tertiary/aromatic N) is 4. The number of hydrogen-bond donors (Lipinski definition) is 1. The molecule has 1 N–H and O–H groups in total. The van der Waals surface area contributed by atoms with Crippen LogP contribution in [0.15, 0.2) is 47.6 Å². The highest BCUT2D eigenvalue weighted by Crippen LogP contribution is 2.22. The normalized spacial score (nSPS) is 10.5. The first kappa shape index (κ1) is 19.6. The van der Waals surface area contributed by atoms with Crippen LogP contribution < -0.4 is 10.1 Å². The average Bonchev–Trinajstić information content (AvgIpc) is 3.16. The Balaban J connectivity index is 1.67. The molecule has 3 aromatic rings. The molecule has 0 atom stereocenters. The number of para-hydroxylation sites is 1. The fraction of sp³-hybridized carbons (Fsp3) is 0.211. The van der Waals surface area contributed by atoms with E-state index in [2.05, 4.69) is 20.8 Å². The number of aryl methyl sites for hydroxylation is 2. The van der Waals surface area contributed by atoms with E-state index in [9.17, 15) is 9.59 Å². The number of imide groups is 1. The first-order valence-corrected chi connectivity index (χ1v) is 9.44. The van der Waals surface area contributed by atoms with E-state index >= 15 is 0 Å². The maximum absolute atomic E-state index is 12.3. The molecule has 2 aromatic carbocycles. The van der Waals surface area contributed by atoms with Crippen LogP contribution in [0.2, 0.25) is 0 Å². The SMILES string of the molecule is COc1ccccc1C(=O)NC(=O)CSc1nnnn1-c1cc(C)ccc1C. The second kappa shape index (κ2) is 8.66. The molecule has 0 fully saturated rings. The van der Waals surface area contributed by atoms with Crippen molar-refractivity contribution in [1.82, 2.24) is 25.5 Å². The molecular formula is C19H19N5O3S. The number of thioether (sulfide) groups is 1. The zero-order valence-corrected chi connectivity index (χ0v) is 16.5. The van der Waals surface area contributed by atoms with E-state index in [1.54, 1.807) is 28.9 Å². The molecule has 0 unspecified atom stereocenters. The molecule has 3 rings (SSSR count). The summed E-state index contributed by atoms with van der Waals surface area (Å²) in [4.78, 5) is 24.5. The maximum atomic E-state index is 12.3. The van der Waals surface area contributed by atoms with E-state index < -0.39 is 11.8 Å². The lowest BCUT2D eigenvalue weighted by Gasteiger charge is -2.09. The third-order valence-corrected chi connectivity index (χ3v) is 4.89. The largest absolute Gasteiger partial charge is 0.496 e. The van der Waals surface area contributed by atoms with Crippen LogP contribution in [-0.4, -0.2) is 44.9 Å². The Kier molecular flexibility index (Phi) is 6.05. The second-order valence-electron chi connectivity index (χ2n) is 6.03. The fourth-order valence-corrected chi connectivity index (χ4v) is 3.24. The maximum Gasteiger partial charge on any atom is 0.261 e. The predicted molar refractivity (Wildman–Crippen MR) is 105 cm³/mol. The number of rotatable bonds is 6. The van der Waals surface area contributed by atoms with Crippen LogP contribution in [0.3, 0.4) is 0 Å². The fourth-order valence-electron chi connectivity index (χ4n) is 2.56. The number of amides is 2. The Bertz CT molecular complexity index is 1020. The molecule has 2 amide bonds. The van der Waals surface area contributed by atoms with Crippen molar-refractivity contribution in [2.75, 3.05) is 12.9 Å². The van der Waals surface area contributed by atoms with E-state index in [0.717, 1.165) is 28.6 Å². The number of tetrazole rings is 1.